The standard InChI is InChI=1S/C24H17F3O3/c25-24(26,27)22(28)19-16-23(18-10-5-2-6-11-18,14-13-17-8-3-1-4-9-17)30-21(19)20-12-7-15-29-20/h1-15H,16H2/b14-13+. The molecule has 0 aliphatic carbocycles. The molecule has 2 heterocycles. The van der Waals surface area contributed by atoms with Gasteiger partial charge in [-0.2, -0.15) is 13.2 Å². The van der Waals surface area contributed by atoms with E-state index in [1.165, 1.54) is 18.4 Å². The zero-order valence-electron chi connectivity index (χ0n) is 15.7. The molecule has 0 N–H and O–H groups in total. The van der Waals surface area contributed by atoms with Crippen molar-refractivity contribution >= 4 is 17.6 Å². The van der Waals surface area contributed by atoms with Crippen LogP contribution in [0.4, 0.5) is 13.2 Å². The van der Waals surface area contributed by atoms with Gasteiger partial charge in [-0.25, -0.2) is 0 Å². The fourth-order valence-electron chi connectivity index (χ4n) is 3.45. The van der Waals surface area contributed by atoms with E-state index in [-0.39, 0.29) is 17.9 Å². The number of benzene rings is 2. The van der Waals surface area contributed by atoms with E-state index >= 15 is 0 Å². The van der Waals surface area contributed by atoms with Crippen molar-refractivity contribution in [3.63, 3.8) is 0 Å². The Bertz CT molecular complexity index is 1080. The normalized spacial score (nSPS) is 19.3. The van der Waals surface area contributed by atoms with Crippen LogP contribution in [0.1, 0.15) is 23.3 Å². The molecule has 1 unspecified atom stereocenters. The summed E-state index contributed by atoms with van der Waals surface area (Å²) in [7, 11) is 0. The maximum atomic E-state index is 13.3. The van der Waals surface area contributed by atoms with Gasteiger partial charge in [0.05, 0.1) is 11.8 Å². The topological polar surface area (TPSA) is 39.4 Å². The van der Waals surface area contributed by atoms with Crippen molar-refractivity contribution in [1.29, 1.82) is 0 Å². The van der Waals surface area contributed by atoms with E-state index in [4.69, 9.17) is 9.15 Å². The van der Waals surface area contributed by atoms with Crippen molar-refractivity contribution in [2.45, 2.75) is 18.2 Å². The van der Waals surface area contributed by atoms with Crippen LogP contribution in [0.5, 0.6) is 0 Å². The van der Waals surface area contributed by atoms with Crippen LogP contribution in [-0.4, -0.2) is 12.0 Å². The van der Waals surface area contributed by atoms with Crippen molar-refractivity contribution in [2.75, 3.05) is 0 Å². The summed E-state index contributed by atoms with van der Waals surface area (Å²) in [5.41, 5.74) is -0.257. The van der Waals surface area contributed by atoms with Crippen LogP contribution >= 0.6 is 0 Å². The monoisotopic (exact) mass is 410 g/mol. The predicted octanol–water partition coefficient (Wildman–Crippen LogP) is 6.15. The molecule has 1 atom stereocenters. The van der Waals surface area contributed by atoms with Crippen molar-refractivity contribution in [3.05, 3.63) is 108 Å². The van der Waals surface area contributed by atoms with E-state index in [0.29, 0.717) is 5.56 Å². The van der Waals surface area contributed by atoms with E-state index in [9.17, 15) is 18.0 Å². The molecule has 1 aromatic heterocycles. The molecule has 0 fully saturated rings. The van der Waals surface area contributed by atoms with Gasteiger partial charge in [-0.1, -0.05) is 66.7 Å². The van der Waals surface area contributed by atoms with Gasteiger partial charge in [0, 0.05) is 6.42 Å². The number of carbonyl (C=O) groups is 1. The molecule has 0 saturated carbocycles. The predicted molar refractivity (Wildman–Crippen MR) is 106 cm³/mol. The Labute approximate surface area is 171 Å². The van der Waals surface area contributed by atoms with E-state index in [1.54, 1.807) is 42.5 Å². The summed E-state index contributed by atoms with van der Waals surface area (Å²) in [5, 5.41) is 0. The van der Waals surface area contributed by atoms with Gasteiger partial charge in [-0.15, -0.1) is 0 Å². The first-order valence-corrected chi connectivity index (χ1v) is 9.26. The number of ketones is 1. The zero-order chi connectivity index (χ0) is 21.2. The van der Waals surface area contributed by atoms with Gasteiger partial charge >= 0.3 is 6.18 Å². The Morgan fingerprint density at radius 2 is 1.60 bits per heavy atom. The minimum Gasteiger partial charge on any atom is -0.474 e. The lowest BCUT2D eigenvalue weighted by atomic mass is 9.86. The first-order chi connectivity index (χ1) is 14.4. The first-order valence-electron chi connectivity index (χ1n) is 9.26. The molecule has 0 saturated heterocycles. The minimum atomic E-state index is -5.02. The molecule has 4 rings (SSSR count). The number of halogens is 3. The molecule has 30 heavy (non-hydrogen) atoms. The van der Waals surface area contributed by atoms with Crippen LogP contribution in [0.25, 0.3) is 11.8 Å². The summed E-state index contributed by atoms with van der Waals surface area (Å²) in [5.74, 6) is -2.04. The number of ether oxygens (including phenoxy) is 1. The van der Waals surface area contributed by atoms with Gasteiger partial charge in [0.25, 0.3) is 5.78 Å². The molecule has 0 radical (unpaired) electrons. The minimum absolute atomic E-state index is 0.0773. The van der Waals surface area contributed by atoms with Crippen molar-refractivity contribution in [2.24, 2.45) is 0 Å². The van der Waals surface area contributed by atoms with Crippen molar-refractivity contribution < 1.29 is 27.1 Å². The van der Waals surface area contributed by atoms with Gasteiger partial charge in [0.15, 0.2) is 17.1 Å². The quantitative estimate of drug-likeness (QED) is 0.506. The molecule has 1 aliphatic rings. The lowest BCUT2D eigenvalue weighted by Gasteiger charge is -2.27. The fourth-order valence-corrected chi connectivity index (χ4v) is 3.45. The number of furan rings is 1. The van der Waals surface area contributed by atoms with Crippen LogP contribution in [0, 0.1) is 0 Å². The Hall–Kier alpha value is -3.54. The largest absolute Gasteiger partial charge is 0.474 e. The average Bonchev–Trinajstić information content (AvgIpc) is 3.41. The lowest BCUT2D eigenvalue weighted by Crippen LogP contribution is -2.27. The van der Waals surface area contributed by atoms with Gasteiger partial charge in [-0.05, 0) is 29.3 Å². The second kappa shape index (κ2) is 7.71. The Balaban J connectivity index is 1.82. The Morgan fingerprint density at radius 1 is 0.933 bits per heavy atom. The van der Waals surface area contributed by atoms with Crippen LogP contribution in [-0.2, 0) is 15.1 Å². The summed E-state index contributed by atoms with van der Waals surface area (Å²) in [6, 6.07) is 21.2. The molecule has 1 aliphatic heterocycles. The van der Waals surface area contributed by atoms with Crippen molar-refractivity contribution in [1.82, 2.24) is 0 Å². The van der Waals surface area contributed by atoms with Gasteiger partial charge in [0.2, 0.25) is 0 Å². The molecule has 0 spiro atoms. The van der Waals surface area contributed by atoms with Crippen LogP contribution in [0.15, 0.2) is 95.1 Å². The molecule has 3 aromatic rings. The van der Waals surface area contributed by atoms with Gasteiger partial charge < -0.3 is 9.15 Å². The number of Topliss-reactive ketones (excluding diaryl/α,β-unsaturated/α-hetero) is 1. The van der Waals surface area contributed by atoms with Crippen LogP contribution in [0.3, 0.4) is 0 Å². The zero-order valence-corrected chi connectivity index (χ0v) is 15.7. The number of hydrogen-bond donors (Lipinski definition) is 0. The molecule has 0 bridgehead atoms. The molecular formula is C24H17F3O3. The highest BCUT2D eigenvalue weighted by Crippen LogP contribution is 2.48. The maximum absolute atomic E-state index is 13.3. The Morgan fingerprint density at radius 3 is 2.20 bits per heavy atom. The maximum Gasteiger partial charge on any atom is 0.454 e. The molecule has 6 heteroatoms. The third-order valence-corrected chi connectivity index (χ3v) is 4.88. The number of alkyl halides is 3. The number of rotatable bonds is 5. The second-order valence-electron chi connectivity index (χ2n) is 6.89. The average molecular weight is 410 g/mol. The molecule has 3 nitrogen and oxygen atoms in total. The highest BCUT2D eigenvalue weighted by Gasteiger charge is 2.50. The van der Waals surface area contributed by atoms with Crippen LogP contribution < -0.4 is 0 Å². The summed E-state index contributed by atoms with van der Waals surface area (Å²) >= 11 is 0. The third-order valence-electron chi connectivity index (χ3n) is 4.88. The first kappa shape index (κ1) is 19.8. The van der Waals surface area contributed by atoms with E-state index < -0.39 is 23.1 Å². The van der Waals surface area contributed by atoms with Gasteiger partial charge in [0.1, 0.15) is 0 Å². The van der Waals surface area contributed by atoms with Gasteiger partial charge in [-0.3, -0.25) is 4.79 Å². The SMILES string of the molecule is O=C(C1=C(c2ccco2)OC(/C=C/c2ccccc2)(c2ccccc2)C1)C(F)(F)F. The summed E-state index contributed by atoms with van der Waals surface area (Å²) in [6.07, 6.45) is -0.504. The second-order valence-corrected chi connectivity index (χ2v) is 6.89. The highest BCUT2D eigenvalue weighted by molar-refractivity contribution is 6.05. The van der Waals surface area contributed by atoms with E-state index in [0.717, 1.165) is 5.56 Å². The number of hydrogen-bond acceptors (Lipinski definition) is 3. The highest BCUT2D eigenvalue weighted by atomic mass is 19.4. The molecule has 0 amide bonds. The summed E-state index contributed by atoms with van der Waals surface area (Å²) in [6.45, 7) is 0. The fraction of sp³-hybridized carbons (Fsp3) is 0.125. The van der Waals surface area contributed by atoms with Crippen molar-refractivity contribution in [3.8, 4) is 0 Å². The van der Waals surface area contributed by atoms with Crippen LogP contribution in [0.2, 0.25) is 0 Å². The summed E-state index contributed by atoms with van der Waals surface area (Å²) < 4.78 is 51.4. The number of carbonyl (C=O) groups excluding carboxylic acids is 1. The molecular weight excluding hydrogens is 393 g/mol. The summed E-state index contributed by atoms with van der Waals surface area (Å²) in [4.78, 5) is 12.2. The lowest BCUT2D eigenvalue weighted by molar-refractivity contribution is -0.166. The smallest absolute Gasteiger partial charge is 0.454 e. The Kier molecular flexibility index (Phi) is 5.08. The van der Waals surface area contributed by atoms with E-state index in [1.807, 2.05) is 30.3 Å². The third kappa shape index (κ3) is 3.81. The molecule has 2 aromatic carbocycles. The molecule has 152 valence electrons. The van der Waals surface area contributed by atoms with E-state index in [2.05, 4.69) is 0 Å².